The Morgan fingerprint density at radius 3 is 2.62 bits per heavy atom. The van der Waals surface area contributed by atoms with Crippen molar-refractivity contribution >= 4 is 37.7 Å². The van der Waals surface area contributed by atoms with E-state index in [2.05, 4.69) is 42.2 Å². The Kier molecular flexibility index (Phi) is 4.17. The Labute approximate surface area is 140 Å². The molecule has 0 amide bonds. The minimum absolute atomic E-state index is 0.539. The highest BCUT2D eigenvalue weighted by Crippen LogP contribution is 2.45. The molecule has 1 saturated carbocycles. The number of anilines is 1. The normalized spacial score (nSPS) is 14.1. The molecule has 1 N–H and O–H groups in total. The van der Waals surface area contributed by atoms with Crippen molar-refractivity contribution in [1.29, 1.82) is 0 Å². The standard InChI is InChI=1S/C15H15Br2N3O/c1-18-15-12(17)13(8-3-4-8)19-14(20-15)10-7-9(21-2)5-6-11(10)16/h5-8H,3-4H2,1-2H3,(H,18,19,20). The Morgan fingerprint density at radius 1 is 1.24 bits per heavy atom. The Hall–Kier alpha value is -1.14. The maximum absolute atomic E-state index is 5.30. The van der Waals surface area contributed by atoms with Gasteiger partial charge in [0.1, 0.15) is 11.6 Å². The molecular formula is C15H15Br2N3O. The van der Waals surface area contributed by atoms with Gasteiger partial charge in [0.2, 0.25) is 0 Å². The lowest BCUT2D eigenvalue weighted by atomic mass is 10.2. The number of rotatable bonds is 4. The molecule has 0 spiro atoms. The average molecular weight is 413 g/mol. The summed E-state index contributed by atoms with van der Waals surface area (Å²) in [6.07, 6.45) is 2.38. The van der Waals surface area contributed by atoms with Crippen LogP contribution in [0.15, 0.2) is 27.1 Å². The summed E-state index contributed by atoms with van der Waals surface area (Å²) in [5.74, 6) is 2.85. The van der Waals surface area contributed by atoms with Gasteiger partial charge in [-0.1, -0.05) is 15.9 Å². The van der Waals surface area contributed by atoms with Crippen molar-refractivity contribution in [3.05, 3.63) is 32.8 Å². The van der Waals surface area contributed by atoms with Crippen molar-refractivity contribution in [3.8, 4) is 17.1 Å². The molecule has 1 aromatic heterocycles. The summed E-state index contributed by atoms with van der Waals surface area (Å²) < 4.78 is 7.22. The highest BCUT2D eigenvalue weighted by molar-refractivity contribution is 9.11. The van der Waals surface area contributed by atoms with Crippen LogP contribution in [0.25, 0.3) is 11.4 Å². The maximum atomic E-state index is 5.30. The van der Waals surface area contributed by atoms with E-state index in [1.165, 1.54) is 12.8 Å². The second-order valence-corrected chi connectivity index (χ2v) is 6.61. The second-order valence-electron chi connectivity index (χ2n) is 4.97. The molecule has 2 aromatic rings. The van der Waals surface area contributed by atoms with Gasteiger partial charge in [-0.15, -0.1) is 0 Å². The fraction of sp³-hybridized carbons (Fsp3) is 0.333. The van der Waals surface area contributed by atoms with Crippen molar-refractivity contribution in [2.75, 3.05) is 19.5 Å². The lowest BCUT2D eigenvalue weighted by molar-refractivity contribution is 0.415. The summed E-state index contributed by atoms with van der Waals surface area (Å²) in [6.45, 7) is 0. The first-order valence-electron chi connectivity index (χ1n) is 6.73. The van der Waals surface area contributed by atoms with E-state index >= 15 is 0 Å². The molecule has 0 radical (unpaired) electrons. The van der Waals surface area contributed by atoms with Crippen LogP contribution in [0.3, 0.4) is 0 Å². The first-order chi connectivity index (χ1) is 10.1. The molecule has 1 aliphatic rings. The predicted octanol–water partition coefficient (Wildman–Crippen LogP) is 4.60. The van der Waals surface area contributed by atoms with Crippen molar-refractivity contribution in [1.82, 2.24) is 9.97 Å². The van der Waals surface area contributed by atoms with Gasteiger partial charge in [0.05, 0.1) is 17.3 Å². The van der Waals surface area contributed by atoms with Gasteiger partial charge >= 0.3 is 0 Å². The first kappa shape index (κ1) is 14.8. The first-order valence-corrected chi connectivity index (χ1v) is 8.31. The molecule has 21 heavy (non-hydrogen) atoms. The SMILES string of the molecule is CNc1nc(-c2cc(OC)ccc2Br)nc(C2CC2)c1Br. The van der Waals surface area contributed by atoms with Crippen molar-refractivity contribution in [2.45, 2.75) is 18.8 Å². The van der Waals surface area contributed by atoms with Crippen LogP contribution < -0.4 is 10.1 Å². The number of hydrogen-bond donors (Lipinski definition) is 1. The van der Waals surface area contributed by atoms with Gasteiger partial charge in [-0.05, 0) is 47.0 Å². The Balaban J connectivity index is 2.15. The van der Waals surface area contributed by atoms with Crippen LogP contribution in [0.2, 0.25) is 0 Å². The number of aromatic nitrogens is 2. The van der Waals surface area contributed by atoms with E-state index in [9.17, 15) is 0 Å². The molecule has 0 atom stereocenters. The number of halogens is 2. The number of benzene rings is 1. The smallest absolute Gasteiger partial charge is 0.163 e. The number of methoxy groups -OCH3 is 1. The molecule has 1 fully saturated rings. The minimum atomic E-state index is 0.539. The molecule has 1 aromatic carbocycles. The van der Waals surface area contributed by atoms with Crippen molar-refractivity contribution in [3.63, 3.8) is 0 Å². The third kappa shape index (κ3) is 2.92. The highest BCUT2D eigenvalue weighted by Gasteiger charge is 2.29. The van der Waals surface area contributed by atoms with Gasteiger partial charge in [-0.2, -0.15) is 0 Å². The molecule has 1 heterocycles. The molecule has 0 unspecified atom stereocenters. The van der Waals surface area contributed by atoms with Crippen LogP contribution in [0.4, 0.5) is 5.82 Å². The average Bonchev–Trinajstić information content (AvgIpc) is 3.33. The van der Waals surface area contributed by atoms with Gasteiger partial charge in [-0.25, -0.2) is 9.97 Å². The fourth-order valence-electron chi connectivity index (χ4n) is 2.18. The minimum Gasteiger partial charge on any atom is -0.497 e. The summed E-state index contributed by atoms with van der Waals surface area (Å²) in [5.41, 5.74) is 2.01. The molecule has 0 aliphatic heterocycles. The van der Waals surface area contributed by atoms with Crippen LogP contribution in [0.1, 0.15) is 24.5 Å². The molecule has 4 nitrogen and oxygen atoms in total. The van der Waals surface area contributed by atoms with E-state index in [0.717, 1.165) is 31.8 Å². The van der Waals surface area contributed by atoms with Crippen LogP contribution in [0, 0.1) is 0 Å². The molecule has 3 rings (SSSR count). The summed E-state index contributed by atoms with van der Waals surface area (Å²) in [4.78, 5) is 9.38. The van der Waals surface area contributed by atoms with E-state index in [4.69, 9.17) is 9.72 Å². The van der Waals surface area contributed by atoms with Crippen LogP contribution >= 0.6 is 31.9 Å². The van der Waals surface area contributed by atoms with Gasteiger partial charge in [-0.3, -0.25) is 0 Å². The summed E-state index contributed by atoms with van der Waals surface area (Å²) in [7, 11) is 3.53. The van der Waals surface area contributed by atoms with E-state index in [1.807, 2.05) is 25.2 Å². The van der Waals surface area contributed by atoms with E-state index in [-0.39, 0.29) is 0 Å². The third-order valence-electron chi connectivity index (χ3n) is 3.49. The summed E-state index contributed by atoms with van der Waals surface area (Å²) in [5, 5.41) is 3.13. The largest absolute Gasteiger partial charge is 0.497 e. The predicted molar refractivity (Wildman–Crippen MR) is 90.9 cm³/mol. The van der Waals surface area contributed by atoms with E-state index < -0.39 is 0 Å². The van der Waals surface area contributed by atoms with Crippen LogP contribution in [-0.4, -0.2) is 24.1 Å². The number of hydrogen-bond acceptors (Lipinski definition) is 4. The lowest BCUT2D eigenvalue weighted by Gasteiger charge is -2.12. The summed E-state index contributed by atoms with van der Waals surface area (Å²) >= 11 is 7.18. The van der Waals surface area contributed by atoms with Crippen molar-refractivity contribution in [2.24, 2.45) is 0 Å². The van der Waals surface area contributed by atoms with E-state index in [0.29, 0.717) is 11.7 Å². The zero-order chi connectivity index (χ0) is 15.0. The zero-order valence-corrected chi connectivity index (χ0v) is 15.0. The number of nitrogens with zero attached hydrogens (tertiary/aromatic N) is 2. The molecular weight excluding hydrogens is 398 g/mol. The van der Waals surface area contributed by atoms with Gasteiger partial charge in [0, 0.05) is 23.0 Å². The Morgan fingerprint density at radius 2 is 2.00 bits per heavy atom. The molecule has 6 heteroatoms. The maximum Gasteiger partial charge on any atom is 0.163 e. The molecule has 1 aliphatic carbocycles. The van der Waals surface area contributed by atoms with Crippen LogP contribution in [-0.2, 0) is 0 Å². The molecule has 0 bridgehead atoms. The number of nitrogens with one attached hydrogen (secondary N) is 1. The van der Waals surface area contributed by atoms with Gasteiger partial charge < -0.3 is 10.1 Å². The second kappa shape index (κ2) is 5.93. The molecule has 110 valence electrons. The Bertz CT molecular complexity index is 687. The van der Waals surface area contributed by atoms with Crippen molar-refractivity contribution < 1.29 is 4.74 Å². The third-order valence-corrected chi connectivity index (χ3v) is 4.97. The topological polar surface area (TPSA) is 47.0 Å². The number of ether oxygens (including phenoxy) is 1. The van der Waals surface area contributed by atoms with Gasteiger partial charge in [0.25, 0.3) is 0 Å². The highest BCUT2D eigenvalue weighted by atomic mass is 79.9. The molecule has 0 saturated heterocycles. The fourth-order valence-corrected chi connectivity index (χ4v) is 3.30. The van der Waals surface area contributed by atoms with Gasteiger partial charge in [0.15, 0.2) is 5.82 Å². The lowest BCUT2D eigenvalue weighted by Crippen LogP contribution is -2.03. The van der Waals surface area contributed by atoms with E-state index in [1.54, 1.807) is 7.11 Å². The quantitative estimate of drug-likeness (QED) is 0.797. The monoisotopic (exact) mass is 411 g/mol. The summed E-state index contributed by atoms with van der Waals surface area (Å²) in [6, 6.07) is 5.81. The van der Waals surface area contributed by atoms with Crippen LogP contribution in [0.5, 0.6) is 5.75 Å². The zero-order valence-electron chi connectivity index (χ0n) is 11.8.